The van der Waals surface area contributed by atoms with E-state index >= 15 is 0 Å². The molecule has 3 unspecified atom stereocenters. The minimum atomic E-state index is -1.04. The fraction of sp³-hybridized carbons (Fsp3) is 0.462. The van der Waals surface area contributed by atoms with Crippen molar-refractivity contribution in [2.45, 2.75) is 36.8 Å². The predicted octanol–water partition coefficient (Wildman–Crippen LogP) is 2.47. The molecule has 16 heavy (non-hydrogen) atoms. The zero-order chi connectivity index (χ0) is 11.7. The van der Waals surface area contributed by atoms with Gasteiger partial charge in [-0.05, 0) is 31.0 Å². The molecule has 2 nitrogen and oxygen atoms in total. The minimum absolute atomic E-state index is 0.00861. The van der Waals surface area contributed by atoms with Crippen LogP contribution in [0.3, 0.4) is 0 Å². The van der Waals surface area contributed by atoms with Gasteiger partial charge in [-0.2, -0.15) is 0 Å². The van der Waals surface area contributed by atoms with Crippen LogP contribution in [-0.4, -0.2) is 15.2 Å². The number of benzene rings is 1. The molecular formula is C13H16O2S. The van der Waals surface area contributed by atoms with E-state index < -0.39 is 10.8 Å². The van der Waals surface area contributed by atoms with Gasteiger partial charge in [0.2, 0.25) is 0 Å². The molecule has 0 amide bonds. The first kappa shape index (κ1) is 11.5. The van der Waals surface area contributed by atoms with Gasteiger partial charge < -0.3 is 0 Å². The second-order valence-electron chi connectivity index (χ2n) is 4.45. The van der Waals surface area contributed by atoms with Crippen LogP contribution < -0.4 is 0 Å². The number of carbonyl (C=O) groups excluding carboxylic acids is 1. The highest BCUT2D eigenvalue weighted by Crippen LogP contribution is 2.29. The molecule has 0 radical (unpaired) electrons. The number of hydrogen-bond acceptors (Lipinski definition) is 2. The van der Waals surface area contributed by atoms with Crippen LogP contribution in [0.15, 0.2) is 29.2 Å². The Morgan fingerprint density at radius 3 is 2.69 bits per heavy atom. The van der Waals surface area contributed by atoms with Gasteiger partial charge in [0.25, 0.3) is 0 Å². The van der Waals surface area contributed by atoms with Gasteiger partial charge in [-0.3, -0.25) is 9.00 Å². The lowest BCUT2D eigenvalue weighted by atomic mass is 10.1. The molecule has 0 spiro atoms. The van der Waals surface area contributed by atoms with E-state index in [1.54, 1.807) is 0 Å². The summed E-state index contributed by atoms with van der Waals surface area (Å²) >= 11 is 0. The molecule has 0 aliphatic heterocycles. The van der Waals surface area contributed by atoms with Crippen LogP contribution in [0.4, 0.5) is 0 Å². The lowest BCUT2D eigenvalue weighted by molar-refractivity contribution is -0.120. The molecule has 0 saturated heterocycles. The lowest BCUT2D eigenvalue weighted by Gasteiger charge is -2.14. The number of Topliss-reactive ketones (excluding diaryl/α,β-unsaturated/α-hetero) is 1. The smallest absolute Gasteiger partial charge is 0.136 e. The fourth-order valence-corrected chi connectivity index (χ4v) is 3.90. The Kier molecular flexibility index (Phi) is 3.24. The van der Waals surface area contributed by atoms with Crippen molar-refractivity contribution in [2.24, 2.45) is 5.92 Å². The first-order valence-electron chi connectivity index (χ1n) is 5.59. The van der Waals surface area contributed by atoms with Crippen molar-refractivity contribution in [3.05, 3.63) is 29.8 Å². The second kappa shape index (κ2) is 4.50. The highest BCUT2D eigenvalue weighted by Gasteiger charge is 2.35. The summed E-state index contributed by atoms with van der Waals surface area (Å²) in [6, 6.07) is 7.75. The highest BCUT2D eigenvalue weighted by atomic mass is 32.2. The second-order valence-corrected chi connectivity index (χ2v) is 6.12. The summed E-state index contributed by atoms with van der Waals surface area (Å²) in [5.74, 6) is 0.201. The third kappa shape index (κ3) is 2.09. The zero-order valence-electron chi connectivity index (χ0n) is 9.60. The Labute approximate surface area is 98.5 Å². The summed E-state index contributed by atoms with van der Waals surface area (Å²) in [6.07, 6.45) is 1.35. The third-order valence-corrected chi connectivity index (χ3v) is 5.15. The van der Waals surface area contributed by atoms with Gasteiger partial charge in [-0.25, -0.2) is 0 Å². The van der Waals surface area contributed by atoms with Gasteiger partial charge >= 0.3 is 0 Å². The summed E-state index contributed by atoms with van der Waals surface area (Å²) in [5.41, 5.74) is 1.11. The molecule has 1 aromatic rings. The van der Waals surface area contributed by atoms with E-state index in [1.807, 2.05) is 38.1 Å². The van der Waals surface area contributed by atoms with E-state index in [0.29, 0.717) is 6.42 Å². The maximum absolute atomic E-state index is 12.3. The van der Waals surface area contributed by atoms with Gasteiger partial charge in [-0.1, -0.05) is 19.1 Å². The molecule has 0 aromatic heterocycles. The number of rotatable bonds is 2. The maximum Gasteiger partial charge on any atom is 0.136 e. The molecular weight excluding hydrogens is 220 g/mol. The maximum atomic E-state index is 12.3. The van der Waals surface area contributed by atoms with Gasteiger partial charge in [0.1, 0.15) is 5.78 Å². The van der Waals surface area contributed by atoms with E-state index in [4.69, 9.17) is 0 Å². The first-order chi connectivity index (χ1) is 7.59. The van der Waals surface area contributed by atoms with Crippen molar-refractivity contribution in [1.29, 1.82) is 0 Å². The standard InChI is InChI=1S/C13H16O2S/c1-9-4-3-5-11(8-9)16(15)13-7-6-12(14)10(13)2/h3-5,8,10,13H,6-7H2,1-2H3. The summed E-state index contributed by atoms with van der Waals surface area (Å²) in [5, 5.41) is 0.00861. The summed E-state index contributed by atoms with van der Waals surface area (Å²) < 4.78 is 12.3. The van der Waals surface area contributed by atoms with Gasteiger partial charge in [0.05, 0.1) is 10.8 Å². The summed E-state index contributed by atoms with van der Waals surface area (Å²) in [6.45, 7) is 3.89. The van der Waals surface area contributed by atoms with Crippen LogP contribution >= 0.6 is 0 Å². The molecule has 86 valence electrons. The summed E-state index contributed by atoms with van der Waals surface area (Å²) in [7, 11) is -1.04. The highest BCUT2D eigenvalue weighted by molar-refractivity contribution is 7.85. The minimum Gasteiger partial charge on any atom is -0.299 e. The van der Waals surface area contributed by atoms with Gasteiger partial charge in [-0.15, -0.1) is 0 Å². The van der Waals surface area contributed by atoms with E-state index in [1.165, 1.54) is 0 Å². The Morgan fingerprint density at radius 2 is 2.12 bits per heavy atom. The molecule has 1 aliphatic carbocycles. The Bertz CT molecular complexity index is 439. The van der Waals surface area contributed by atoms with Crippen molar-refractivity contribution in [3.8, 4) is 0 Å². The normalized spacial score (nSPS) is 27.0. The first-order valence-corrected chi connectivity index (χ1v) is 6.81. The van der Waals surface area contributed by atoms with Crippen LogP contribution in [0.5, 0.6) is 0 Å². The summed E-state index contributed by atoms with van der Waals surface area (Å²) in [4.78, 5) is 12.3. The van der Waals surface area contributed by atoms with Crippen LogP contribution in [-0.2, 0) is 15.6 Å². The Hall–Kier alpha value is -0.960. The molecule has 0 heterocycles. The Morgan fingerprint density at radius 1 is 1.38 bits per heavy atom. The van der Waals surface area contributed by atoms with E-state index in [9.17, 15) is 9.00 Å². The van der Waals surface area contributed by atoms with Crippen LogP contribution in [0.2, 0.25) is 0 Å². The lowest BCUT2D eigenvalue weighted by Crippen LogP contribution is -2.21. The van der Waals surface area contributed by atoms with Crippen molar-refractivity contribution in [3.63, 3.8) is 0 Å². The van der Waals surface area contributed by atoms with Crippen LogP contribution in [0.25, 0.3) is 0 Å². The van der Waals surface area contributed by atoms with E-state index in [2.05, 4.69) is 0 Å². The van der Waals surface area contributed by atoms with E-state index in [-0.39, 0.29) is 17.0 Å². The van der Waals surface area contributed by atoms with Gasteiger partial charge in [0.15, 0.2) is 0 Å². The monoisotopic (exact) mass is 236 g/mol. The number of ketones is 1. The fourth-order valence-electron chi connectivity index (χ4n) is 2.18. The molecule has 1 fully saturated rings. The zero-order valence-corrected chi connectivity index (χ0v) is 10.4. The average Bonchev–Trinajstić information content (AvgIpc) is 2.59. The topological polar surface area (TPSA) is 34.1 Å². The van der Waals surface area contributed by atoms with Crippen LogP contribution in [0.1, 0.15) is 25.3 Å². The number of carbonyl (C=O) groups is 1. The molecule has 0 bridgehead atoms. The molecule has 3 atom stereocenters. The number of hydrogen-bond donors (Lipinski definition) is 0. The van der Waals surface area contributed by atoms with Crippen LogP contribution in [0, 0.1) is 12.8 Å². The molecule has 2 rings (SSSR count). The Balaban J connectivity index is 2.23. The molecule has 0 N–H and O–H groups in total. The third-order valence-electron chi connectivity index (χ3n) is 3.24. The van der Waals surface area contributed by atoms with E-state index in [0.717, 1.165) is 16.9 Å². The van der Waals surface area contributed by atoms with Crippen molar-refractivity contribution < 1.29 is 9.00 Å². The van der Waals surface area contributed by atoms with Gasteiger partial charge in [0, 0.05) is 22.5 Å². The van der Waals surface area contributed by atoms with Crippen molar-refractivity contribution in [2.75, 3.05) is 0 Å². The van der Waals surface area contributed by atoms with Crippen molar-refractivity contribution >= 4 is 16.6 Å². The largest absolute Gasteiger partial charge is 0.299 e. The average molecular weight is 236 g/mol. The molecule has 3 heteroatoms. The molecule has 1 aromatic carbocycles. The quantitative estimate of drug-likeness (QED) is 0.790. The molecule has 1 aliphatic rings. The predicted molar refractivity (Wildman–Crippen MR) is 64.8 cm³/mol. The SMILES string of the molecule is Cc1cccc(S(=O)C2CCC(=O)C2C)c1. The van der Waals surface area contributed by atoms with Crippen molar-refractivity contribution in [1.82, 2.24) is 0 Å². The molecule has 1 saturated carbocycles. The number of aryl methyl sites for hydroxylation is 1.